The van der Waals surface area contributed by atoms with Crippen LogP contribution in [0.2, 0.25) is 0 Å². The minimum Gasteiger partial charge on any atom is -0.478 e. The summed E-state index contributed by atoms with van der Waals surface area (Å²) in [5, 5.41) is 2.84. The van der Waals surface area contributed by atoms with Crippen molar-refractivity contribution in [1.29, 1.82) is 0 Å². The van der Waals surface area contributed by atoms with E-state index in [0.29, 0.717) is 18.7 Å². The monoisotopic (exact) mass is 290 g/mol. The Bertz CT molecular complexity index is 528. The fourth-order valence-corrected chi connectivity index (χ4v) is 2.37. The second-order valence-electron chi connectivity index (χ2n) is 5.44. The van der Waals surface area contributed by atoms with E-state index in [1.165, 1.54) is 0 Å². The molecule has 1 aromatic rings. The fraction of sp³-hybridized carbons (Fsp3) is 0.500. The van der Waals surface area contributed by atoms with Crippen molar-refractivity contribution in [2.24, 2.45) is 0 Å². The molecule has 0 radical (unpaired) electrons. The third-order valence-electron chi connectivity index (χ3n) is 3.35. The molecule has 0 spiro atoms. The first-order valence-electron chi connectivity index (χ1n) is 7.39. The molecule has 21 heavy (non-hydrogen) atoms. The van der Waals surface area contributed by atoms with E-state index in [1.54, 1.807) is 4.90 Å². The summed E-state index contributed by atoms with van der Waals surface area (Å²) in [5.41, 5.74) is 0.740. The van der Waals surface area contributed by atoms with Gasteiger partial charge in [-0.3, -0.25) is 9.59 Å². The zero-order chi connectivity index (χ0) is 15.4. The second-order valence-corrected chi connectivity index (χ2v) is 5.44. The predicted molar refractivity (Wildman–Crippen MR) is 81.4 cm³/mol. The van der Waals surface area contributed by atoms with E-state index in [9.17, 15) is 9.59 Å². The number of para-hydroxylation sites is 2. The van der Waals surface area contributed by atoms with Gasteiger partial charge in [0.2, 0.25) is 5.91 Å². The van der Waals surface area contributed by atoms with Crippen molar-refractivity contribution in [3.63, 3.8) is 0 Å². The zero-order valence-corrected chi connectivity index (χ0v) is 12.8. The molecular formula is C16H22N2O3. The van der Waals surface area contributed by atoms with E-state index in [1.807, 2.05) is 45.0 Å². The Morgan fingerprint density at radius 2 is 2.10 bits per heavy atom. The summed E-state index contributed by atoms with van der Waals surface area (Å²) in [6, 6.07) is 7.55. The van der Waals surface area contributed by atoms with Crippen LogP contribution in [-0.2, 0) is 9.59 Å². The third kappa shape index (κ3) is 3.54. The van der Waals surface area contributed by atoms with Crippen molar-refractivity contribution < 1.29 is 14.3 Å². The Morgan fingerprint density at radius 1 is 1.38 bits per heavy atom. The maximum atomic E-state index is 12.4. The molecule has 0 fully saturated rings. The van der Waals surface area contributed by atoms with Gasteiger partial charge in [0, 0.05) is 19.0 Å². The molecule has 1 aliphatic rings. The van der Waals surface area contributed by atoms with Crippen molar-refractivity contribution in [3.05, 3.63) is 24.3 Å². The summed E-state index contributed by atoms with van der Waals surface area (Å²) in [7, 11) is 0. The smallest absolute Gasteiger partial charge is 0.268 e. The molecule has 0 saturated carbocycles. The Labute approximate surface area is 125 Å². The lowest BCUT2D eigenvalue weighted by molar-refractivity contribution is -0.126. The molecule has 1 aliphatic heterocycles. The number of rotatable bonds is 5. The molecule has 1 atom stereocenters. The molecule has 114 valence electrons. The molecule has 0 saturated heterocycles. The van der Waals surface area contributed by atoms with Crippen molar-refractivity contribution in [3.8, 4) is 5.75 Å². The molecule has 1 heterocycles. The van der Waals surface area contributed by atoms with Crippen LogP contribution >= 0.6 is 0 Å². The maximum absolute atomic E-state index is 12.4. The van der Waals surface area contributed by atoms with Gasteiger partial charge in [0.25, 0.3) is 5.91 Å². The van der Waals surface area contributed by atoms with E-state index in [4.69, 9.17) is 4.74 Å². The fourth-order valence-electron chi connectivity index (χ4n) is 2.37. The first-order chi connectivity index (χ1) is 10.0. The quantitative estimate of drug-likeness (QED) is 0.903. The maximum Gasteiger partial charge on any atom is 0.268 e. The summed E-state index contributed by atoms with van der Waals surface area (Å²) >= 11 is 0. The molecule has 5 heteroatoms. The average molecular weight is 290 g/mol. The lowest BCUT2D eigenvalue weighted by Gasteiger charge is -2.34. The van der Waals surface area contributed by atoms with Crippen LogP contribution in [0.15, 0.2) is 24.3 Å². The summed E-state index contributed by atoms with van der Waals surface area (Å²) < 4.78 is 5.70. The van der Waals surface area contributed by atoms with Crippen LogP contribution in [0.1, 0.15) is 33.6 Å². The predicted octanol–water partition coefficient (Wildman–Crippen LogP) is 2.11. The van der Waals surface area contributed by atoms with Crippen LogP contribution in [0.25, 0.3) is 0 Å². The highest BCUT2D eigenvalue weighted by Crippen LogP contribution is 2.34. The summed E-state index contributed by atoms with van der Waals surface area (Å²) in [6.07, 6.45) is 0.435. The van der Waals surface area contributed by atoms with Gasteiger partial charge in [0.1, 0.15) is 5.75 Å². The Balaban J connectivity index is 2.13. The highest BCUT2D eigenvalue weighted by Gasteiger charge is 2.33. The second kappa shape index (κ2) is 6.61. The first-order valence-corrected chi connectivity index (χ1v) is 7.39. The number of hydrogen-bond donors (Lipinski definition) is 1. The molecule has 1 N–H and O–H groups in total. The van der Waals surface area contributed by atoms with Crippen LogP contribution < -0.4 is 15.0 Å². The normalized spacial score (nSPS) is 17.4. The third-order valence-corrected chi connectivity index (χ3v) is 3.35. The first kappa shape index (κ1) is 15.4. The van der Waals surface area contributed by atoms with Crippen molar-refractivity contribution in [2.45, 2.75) is 45.8 Å². The van der Waals surface area contributed by atoms with E-state index in [2.05, 4.69) is 5.32 Å². The topological polar surface area (TPSA) is 58.6 Å². The molecule has 0 aromatic heterocycles. The number of benzene rings is 1. The van der Waals surface area contributed by atoms with Gasteiger partial charge < -0.3 is 15.0 Å². The van der Waals surface area contributed by atoms with Gasteiger partial charge in [-0.2, -0.15) is 0 Å². The standard InChI is InChI=1S/C16H22N2O3/c1-4-13-16(20)18(10-9-15(19)17-11(2)3)12-7-5-6-8-14(12)21-13/h5-8,11,13H,4,9-10H2,1-3H3,(H,17,19). The Morgan fingerprint density at radius 3 is 2.76 bits per heavy atom. The van der Waals surface area contributed by atoms with Gasteiger partial charge in [-0.1, -0.05) is 19.1 Å². The molecular weight excluding hydrogens is 268 g/mol. The van der Waals surface area contributed by atoms with Crippen molar-refractivity contribution in [2.75, 3.05) is 11.4 Å². The number of fused-ring (bicyclic) bond motifs is 1. The van der Waals surface area contributed by atoms with E-state index < -0.39 is 6.10 Å². The van der Waals surface area contributed by atoms with E-state index >= 15 is 0 Å². The summed E-state index contributed by atoms with van der Waals surface area (Å²) in [5.74, 6) is 0.580. The van der Waals surface area contributed by atoms with E-state index in [0.717, 1.165) is 5.69 Å². The highest BCUT2D eigenvalue weighted by molar-refractivity contribution is 6.00. The minimum atomic E-state index is -0.465. The van der Waals surface area contributed by atoms with Crippen molar-refractivity contribution in [1.82, 2.24) is 5.32 Å². The van der Waals surface area contributed by atoms with Crippen LogP contribution in [0, 0.1) is 0 Å². The number of amides is 2. The Kier molecular flexibility index (Phi) is 4.83. The van der Waals surface area contributed by atoms with Gasteiger partial charge >= 0.3 is 0 Å². The number of nitrogens with zero attached hydrogens (tertiary/aromatic N) is 1. The van der Waals surface area contributed by atoms with Gasteiger partial charge in [0.05, 0.1) is 5.69 Å². The summed E-state index contributed by atoms with van der Waals surface area (Å²) in [6.45, 7) is 6.12. The minimum absolute atomic E-state index is 0.0465. The molecule has 0 aliphatic carbocycles. The van der Waals surface area contributed by atoms with Gasteiger partial charge in [0.15, 0.2) is 6.10 Å². The lowest BCUT2D eigenvalue weighted by Crippen LogP contribution is -2.47. The molecule has 0 bridgehead atoms. The van der Waals surface area contributed by atoms with Crippen molar-refractivity contribution >= 4 is 17.5 Å². The molecule has 5 nitrogen and oxygen atoms in total. The number of carbonyl (C=O) groups is 2. The molecule has 2 rings (SSSR count). The van der Waals surface area contributed by atoms with Crippen LogP contribution in [0.4, 0.5) is 5.69 Å². The molecule has 1 aromatic carbocycles. The number of ether oxygens (including phenoxy) is 1. The number of carbonyl (C=O) groups excluding carboxylic acids is 2. The van der Waals surface area contributed by atoms with Crippen LogP contribution in [0.5, 0.6) is 5.75 Å². The molecule has 1 unspecified atom stereocenters. The Hall–Kier alpha value is -2.04. The number of nitrogens with one attached hydrogen (secondary N) is 1. The lowest BCUT2D eigenvalue weighted by atomic mass is 10.1. The zero-order valence-electron chi connectivity index (χ0n) is 12.8. The van der Waals surface area contributed by atoms with Gasteiger partial charge in [-0.25, -0.2) is 0 Å². The van der Waals surface area contributed by atoms with Crippen LogP contribution in [-0.4, -0.2) is 30.5 Å². The largest absolute Gasteiger partial charge is 0.478 e. The highest BCUT2D eigenvalue weighted by atomic mass is 16.5. The average Bonchev–Trinajstić information content (AvgIpc) is 2.45. The van der Waals surface area contributed by atoms with E-state index in [-0.39, 0.29) is 24.3 Å². The number of anilines is 1. The van der Waals surface area contributed by atoms with Gasteiger partial charge in [-0.05, 0) is 32.4 Å². The summed E-state index contributed by atoms with van der Waals surface area (Å²) in [4.78, 5) is 25.9. The number of hydrogen-bond acceptors (Lipinski definition) is 3. The van der Waals surface area contributed by atoms with Crippen LogP contribution in [0.3, 0.4) is 0 Å². The van der Waals surface area contributed by atoms with Gasteiger partial charge in [-0.15, -0.1) is 0 Å². The SMILES string of the molecule is CCC1Oc2ccccc2N(CCC(=O)NC(C)C)C1=O. The molecule has 2 amide bonds.